The molecule has 1 aliphatic rings. The highest BCUT2D eigenvalue weighted by molar-refractivity contribution is 6.31. The number of halogens is 1. The van der Waals surface area contributed by atoms with Gasteiger partial charge >= 0.3 is 0 Å². The number of anilines is 1. The zero-order chi connectivity index (χ0) is 14.4. The Labute approximate surface area is 127 Å². The van der Waals surface area contributed by atoms with Crippen LogP contribution in [0.25, 0.3) is 0 Å². The predicted molar refractivity (Wildman–Crippen MR) is 85.6 cm³/mol. The number of hydrogen-bond donors (Lipinski definition) is 1. The van der Waals surface area contributed by atoms with E-state index in [1.807, 2.05) is 0 Å². The SMILES string of the molecule is COCCNCc1ccc(N2CCCC(C)C2)cc1Cl. The summed E-state index contributed by atoms with van der Waals surface area (Å²) >= 11 is 6.40. The van der Waals surface area contributed by atoms with Gasteiger partial charge in [-0.1, -0.05) is 24.6 Å². The Morgan fingerprint density at radius 2 is 2.30 bits per heavy atom. The zero-order valence-corrected chi connectivity index (χ0v) is 13.2. The molecule has 0 radical (unpaired) electrons. The lowest BCUT2D eigenvalue weighted by Crippen LogP contribution is -2.34. The summed E-state index contributed by atoms with van der Waals surface area (Å²) in [6, 6.07) is 6.43. The highest BCUT2D eigenvalue weighted by Gasteiger charge is 2.17. The molecular formula is C16H25ClN2O. The Hall–Kier alpha value is -0.770. The molecule has 1 saturated heterocycles. The number of ether oxygens (including phenoxy) is 1. The Bertz CT molecular complexity index is 425. The third kappa shape index (κ3) is 4.37. The van der Waals surface area contributed by atoms with Gasteiger partial charge in [0, 0.05) is 44.0 Å². The van der Waals surface area contributed by atoms with E-state index < -0.39 is 0 Å². The summed E-state index contributed by atoms with van der Waals surface area (Å²) in [5.41, 5.74) is 2.40. The van der Waals surface area contributed by atoms with Crippen molar-refractivity contribution in [2.75, 3.05) is 38.3 Å². The monoisotopic (exact) mass is 296 g/mol. The second-order valence-corrected chi connectivity index (χ2v) is 6.05. The molecule has 1 aromatic rings. The second-order valence-electron chi connectivity index (χ2n) is 5.64. The maximum atomic E-state index is 6.40. The third-order valence-electron chi connectivity index (χ3n) is 3.86. The largest absolute Gasteiger partial charge is 0.383 e. The topological polar surface area (TPSA) is 24.5 Å². The molecule has 1 aromatic carbocycles. The Morgan fingerprint density at radius 3 is 3.00 bits per heavy atom. The van der Waals surface area contributed by atoms with E-state index in [9.17, 15) is 0 Å². The molecule has 1 unspecified atom stereocenters. The molecule has 0 amide bonds. The molecule has 0 saturated carbocycles. The molecule has 0 aliphatic carbocycles. The van der Waals surface area contributed by atoms with E-state index >= 15 is 0 Å². The average molecular weight is 297 g/mol. The van der Waals surface area contributed by atoms with Gasteiger partial charge in [0.25, 0.3) is 0 Å². The molecule has 0 spiro atoms. The first-order chi connectivity index (χ1) is 9.70. The maximum Gasteiger partial charge on any atom is 0.0587 e. The molecular weight excluding hydrogens is 272 g/mol. The molecule has 1 heterocycles. The van der Waals surface area contributed by atoms with Crippen LogP contribution in [0.3, 0.4) is 0 Å². The van der Waals surface area contributed by atoms with Crippen molar-refractivity contribution in [3.8, 4) is 0 Å². The predicted octanol–water partition coefficient (Wildman–Crippen LogP) is 3.31. The van der Waals surface area contributed by atoms with Crippen LogP contribution in [0.5, 0.6) is 0 Å². The molecule has 20 heavy (non-hydrogen) atoms. The number of nitrogens with one attached hydrogen (secondary N) is 1. The van der Waals surface area contributed by atoms with E-state index in [0.29, 0.717) is 0 Å². The van der Waals surface area contributed by atoms with E-state index in [2.05, 4.69) is 35.3 Å². The van der Waals surface area contributed by atoms with Crippen LogP contribution in [0.2, 0.25) is 5.02 Å². The van der Waals surface area contributed by atoms with Crippen molar-refractivity contribution in [3.63, 3.8) is 0 Å². The third-order valence-corrected chi connectivity index (χ3v) is 4.21. The van der Waals surface area contributed by atoms with Gasteiger partial charge in [-0.2, -0.15) is 0 Å². The fourth-order valence-electron chi connectivity index (χ4n) is 2.70. The minimum absolute atomic E-state index is 0.724. The van der Waals surface area contributed by atoms with Crippen LogP contribution >= 0.6 is 11.6 Å². The zero-order valence-electron chi connectivity index (χ0n) is 12.5. The lowest BCUT2D eigenvalue weighted by atomic mass is 9.99. The van der Waals surface area contributed by atoms with Crippen molar-refractivity contribution >= 4 is 17.3 Å². The van der Waals surface area contributed by atoms with Crippen molar-refractivity contribution < 1.29 is 4.74 Å². The summed E-state index contributed by atoms with van der Waals surface area (Å²) < 4.78 is 5.02. The quantitative estimate of drug-likeness (QED) is 0.815. The number of methoxy groups -OCH3 is 1. The summed E-state index contributed by atoms with van der Waals surface area (Å²) in [7, 11) is 1.71. The van der Waals surface area contributed by atoms with Crippen molar-refractivity contribution in [1.29, 1.82) is 0 Å². The fraction of sp³-hybridized carbons (Fsp3) is 0.625. The van der Waals surface area contributed by atoms with E-state index in [-0.39, 0.29) is 0 Å². The average Bonchev–Trinajstić information content (AvgIpc) is 2.45. The minimum atomic E-state index is 0.724. The summed E-state index contributed by atoms with van der Waals surface area (Å²) in [5.74, 6) is 0.776. The number of piperidine rings is 1. The van der Waals surface area contributed by atoms with Crippen LogP contribution < -0.4 is 10.2 Å². The minimum Gasteiger partial charge on any atom is -0.383 e. The van der Waals surface area contributed by atoms with E-state index in [0.717, 1.165) is 49.3 Å². The Morgan fingerprint density at radius 1 is 1.45 bits per heavy atom. The van der Waals surface area contributed by atoms with Crippen molar-refractivity contribution in [1.82, 2.24) is 5.32 Å². The molecule has 2 rings (SSSR count). The molecule has 1 atom stereocenters. The van der Waals surface area contributed by atoms with Crippen LogP contribution in [0, 0.1) is 5.92 Å². The molecule has 1 N–H and O–H groups in total. The molecule has 0 aromatic heterocycles. The van der Waals surface area contributed by atoms with Gasteiger partial charge in [-0.25, -0.2) is 0 Å². The van der Waals surface area contributed by atoms with Gasteiger partial charge in [-0.15, -0.1) is 0 Å². The fourth-order valence-corrected chi connectivity index (χ4v) is 2.94. The summed E-state index contributed by atoms with van der Waals surface area (Å²) in [6.45, 7) is 6.97. The number of nitrogens with zero attached hydrogens (tertiary/aromatic N) is 1. The van der Waals surface area contributed by atoms with Crippen LogP contribution in [-0.4, -0.2) is 33.4 Å². The Kier molecular flexibility index (Phi) is 6.14. The molecule has 112 valence electrons. The van der Waals surface area contributed by atoms with Crippen LogP contribution in [-0.2, 0) is 11.3 Å². The first kappa shape index (κ1) is 15.6. The van der Waals surface area contributed by atoms with E-state index in [1.54, 1.807) is 7.11 Å². The van der Waals surface area contributed by atoms with Crippen molar-refractivity contribution in [2.24, 2.45) is 5.92 Å². The van der Waals surface area contributed by atoms with Crippen molar-refractivity contribution in [2.45, 2.75) is 26.3 Å². The molecule has 3 nitrogen and oxygen atoms in total. The molecule has 0 bridgehead atoms. The number of rotatable bonds is 6. The van der Waals surface area contributed by atoms with Crippen LogP contribution in [0.15, 0.2) is 18.2 Å². The highest BCUT2D eigenvalue weighted by Crippen LogP contribution is 2.27. The first-order valence-corrected chi connectivity index (χ1v) is 7.81. The van der Waals surface area contributed by atoms with Gasteiger partial charge in [-0.3, -0.25) is 0 Å². The normalized spacial score (nSPS) is 19.4. The lowest BCUT2D eigenvalue weighted by Gasteiger charge is -2.33. The van der Waals surface area contributed by atoms with Gasteiger partial charge in [0.05, 0.1) is 6.61 Å². The Balaban J connectivity index is 1.94. The van der Waals surface area contributed by atoms with Crippen LogP contribution in [0.1, 0.15) is 25.3 Å². The lowest BCUT2D eigenvalue weighted by molar-refractivity contribution is 0.199. The first-order valence-electron chi connectivity index (χ1n) is 7.43. The van der Waals surface area contributed by atoms with E-state index in [1.165, 1.54) is 18.5 Å². The summed E-state index contributed by atoms with van der Waals surface area (Å²) in [4.78, 5) is 2.45. The molecule has 1 fully saturated rings. The van der Waals surface area contributed by atoms with Crippen LogP contribution in [0.4, 0.5) is 5.69 Å². The van der Waals surface area contributed by atoms with Gasteiger partial charge in [0.15, 0.2) is 0 Å². The highest BCUT2D eigenvalue weighted by atomic mass is 35.5. The van der Waals surface area contributed by atoms with E-state index in [4.69, 9.17) is 16.3 Å². The summed E-state index contributed by atoms with van der Waals surface area (Å²) in [5, 5.41) is 4.18. The van der Waals surface area contributed by atoms with Crippen molar-refractivity contribution in [3.05, 3.63) is 28.8 Å². The maximum absolute atomic E-state index is 6.40. The van der Waals surface area contributed by atoms with Gasteiger partial charge in [-0.05, 0) is 36.5 Å². The number of hydrogen-bond acceptors (Lipinski definition) is 3. The summed E-state index contributed by atoms with van der Waals surface area (Å²) in [6.07, 6.45) is 2.62. The van der Waals surface area contributed by atoms with Gasteiger partial charge < -0.3 is 15.0 Å². The number of benzene rings is 1. The molecule has 1 aliphatic heterocycles. The molecule has 4 heteroatoms. The smallest absolute Gasteiger partial charge is 0.0587 e. The van der Waals surface area contributed by atoms with Gasteiger partial charge in [0.2, 0.25) is 0 Å². The standard InChI is InChI=1S/C16H25ClN2O/c1-13-4-3-8-19(12-13)15-6-5-14(16(17)10-15)11-18-7-9-20-2/h5-6,10,13,18H,3-4,7-9,11-12H2,1-2H3. The van der Waals surface area contributed by atoms with Gasteiger partial charge in [0.1, 0.15) is 0 Å². The second kappa shape index (κ2) is 7.87.